The molecule has 2 amide bonds. The highest BCUT2D eigenvalue weighted by atomic mass is 16.2. The Kier molecular flexibility index (Phi) is 6.09. The van der Waals surface area contributed by atoms with Crippen LogP contribution in [0.25, 0.3) is 0 Å². The zero-order chi connectivity index (χ0) is 16.0. The molecule has 1 unspecified atom stereocenters. The maximum absolute atomic E-state index is 12.2. The zero-order valence-electron chi connectivity index (χ0n) is 12.7. The molecule has 1 aromatic carbocycles. The van der Waals surface area contributed by atoms with Crippen LogP contribution in [-0.4, -0.2) is 35.1 Å². The number of rotatable bonds is 7. The summed E-state index contributed by atoms with van der Waals surface area (Å²) in [4.78, 5) is 36.9. The van der Waals surface area contributed by atoms with Crippen molar-refractivity contribution in [3.8, 4) is 0 Å². The first-order valence-electron chi connectivity index (χ1n) is 6.97. The van der Waals surface area contributed by atoms with Crippen molar-refractivity contribution >= 4 is 17.6 Å². The van der Waals surface area contributed by atoms with Gasteiger partial charge in [0.2, 0.25) is 11.8 Å². The minimum absolute atomic E-state index is 0.139. The molecule has 0 aliphatic carbocycles. The molecule has 0 aliphatic heterocycles. The van der Waals surface area contributed by atoms with Crippen LogP contribution in [0.1, 0.15) is 37.6 Å². The van der Waals surface area contributed by atoms with Crippen LogP contribution >= 0.6 is 0 Å². The van der Waals surface area contributed by atoms with Gasteiger partial charge < -0.3 is 10.6 Å². The molecule has 1 aromatic rings. The number of nitrogens with two attached hydrogens (primary N) is 1. The van der Waals surface area contributed by atoms with Gasteiger partial charge in [-0.1, -0.05) is 44.2 Å². The van der Waals surface area contributed by atoms with E-state index in [4.69, 9.17) is 5.73 Å². The molecular formula is C16H22N2O3. The molecule has 0 radical (unpaired) electrons. The summed E-state index contributed by atoms with van der Waals surface area (Å²) in [5, 5.41) is 0. The number of Topliss-reactive ketones (excluding diaryl/α,β-unsaturated/α-hetero) is 1. The van der Waals surface area contributed by atoms with Crippen molar-refractivity contribution in [3.05, 3.63) is 35.9 Å². The lowest BCUT2D eigenvalue weighted by molar-refractivity contribution is -0.137. The van der Waals surface area contributed by atoms with E-state index in [2.05, 4.69) is 0 Å². The van der Waals surface area contributed by atoms with Gasteiger partial charge in [-0.2, -0.15) is 0 Å². The number of hydrogen-bond acceptors (Lipinski definition) is 3. The topological polar surface area (TPSA) is 80.5 Å². The van der Waals surface area contributed by atoms with Crippen LogP contribution in [0, 0.1) is 5.92 Å². The molecule has 0 saturated heterocycles. The van der Waals surface area contributed by atoms with Crippen LogP contribution in [0.2, 0.25) is 0 Å². The molecule has 0 saturated carbocycles. The monoisotopic (exact) mass is 290 g/mol. The van der Waals surface area contributed by atoms with E-state index in [1.807, 2.05) is 19.9 Å². The maximum Gasteiger partial charge on any atom is 0.240 e. The van der Waals surface area contributed by atoms with Crippen molar-refractivity contribution in [1.29, 1.82) is 0 Å². The quantitative estimate of drug-likeness (QED) is 0.775. The smallest absolute Gasteiger partial charge is 0.240 e. The molecule has 0 bridgehead atoms. The zero-order valence-corrected chi connectivity index (χ0v) is 12.7. The van der Waals surface area contributed by atoms with Crippen molar-refractivity contribution in [2.45, 2.75) is 33.2 Å². The second kappa shape index (κ2) is 7.57. The SMILES string of the molecule is CC(=O)N(CC(=O)c1ccccc1)C(CC(C)C)C(N)=O. The Labute approximate surface area is 125 Å². The number of nitrogens with zero attached hydrogens (tertiary/aromatic N) is 1. The lowest BCUT2D eigenvalue weighted by atomic mass is 10.0. The highest BCUT2D eigenvalue weighted by Crippen LogP contribution is 2.13. The molecule has 114 valence electrons. The predicted octanol–water partition coefficient (Wildman–Crippen LogP) is 1.62. The average molecular weight is 290 g/mol. The first-order chi connectivity index (χ1) is 9.82. The largest absolute Gasteiger partial charge is 0.368 e. The average Bonchev–Trinajstić information content (AvgIpc) is 2.42. The van der Waals surface area contributed by atoms with Crippen molar-refractivity contribution in [1.82, 2.24) is 4.90 Å². The maximum atomic E-state index is 12.2. The summed E-state index contributed by atoms with van der Waals surface area (Å²) in [5.41, 5.74) is 5.90. The summed E-state index contributed by atoms with van der Waals surface area (Å²) in [5.74, 6) is -0.930. The molecule has 0 aromatic heterocycles. The molecule has 21 heavy (non-hydrogen) atoms. The predicted molar refractivity (Wildman–Crippen MR) is 80.6 cm³/mol. The number of carbonyl (C=O) groups is 3. The van der Waals surface area contributed by atoms with Gasteiger partial charge in [0.1, 0.15) is 6.04 Å². The van der Waals surface area contributed by atoms with Crippen molar-refractivity contribution in [2.24, 2.45) is 11.7 Å². The Morgan fingerprint density at radius 2 is 1.71 bits per heavy atom. The minimum atomic E-state index is -0.754. The Balaban J connectivity index is 2.93. The van der Waals surface area contributed by atoms with Gasteiger partial charge in [-0.15, -0.1) is 0 Å². The van der Waals surface area contributed by atoms with E-state index in [9.17, 15) is 14.4 Å². The van der Waals surface area contributed by atoms with Crippen molar-refractivity contribution < 1.29 is 14.4 Å². The molecule has 0 aliphatic rings. The van der Waals surface area contributed by atoms with Crippen LogP contribution < -0.4 is 5.73 Å². The molecule has 5 heteroatoms. The molecular weight excluding hydrogens is 268 g/mol. The minimum Gasteiger partial charge on any atom is -0.368 e. The highest BCUT2D eigenvalue weighted by molar-refractivity contribution is 6.00. The molecule has 0 heterocycles. The molecule has 0 fully saturated rings. The van der Waals surface area contributed by atoms with E-state index in [1.54, 1.807) is 24.3 Å². The number of ketones is 1. The van der Waals surface area contributed by atoms with Crippen LogP contribution in [0.15, 0.2) is 30.3 Å². The summed E-state index contributed by atoms with van der Waals surface area (Å²) in [6.45, 7) is 5.08. The van der Waals surface area contributed by atoms with Crippen LogP contribution in [-0.2, 0) is 9.59 Å². The van der Waals surface area contributed by atoms with Crippen LogP contribution in [0.4, 0.5) is 0 Å². The molecule has 0 spiro atoms. The van der Waals surface area contributed by atoms with Gasteiger partial charge in [0.15, 0.2) is 5.78 Å². The normalized spacial score (nSPS) is 12.0. The van der Waals surface area contributed by atoms with E-state index in [0.717, 1.165) is 0 Å². The number of primary amides is 1. The molecule has 1 rings (SSSR count). The number of amides is 2. The molecule has 5 nitrogen and oxygen atoms in total. The van der Waals surface area contributed by atoms with E-state index in [1.165, 1.54) is 11.8 Å². The molecule has 1 atom stereocenters. The number of carbonyl (C=O) groups excluding carboxylic acids is 3. The van der Waals surface area contributed by atoms with Crippen LogP contribution in [0.5, 0.6) is 0 Å². The van der Waals surface area contributed by atoms with E-state index in [0.29, 0.717) is 12.0 Å². The lowest BCUT2D eigenvalue weighted by Gasteiger charge is -2.29. The van der Waals surface area contributed by atoms with Crippen molar-refractivity contribution in [3.63, 3.8) is 0 Å². The van der Waals surface area contributed by atoms with E-state index >= 15 is 0 Å². The van der Waals surface area contributed by atoms with E-state index in [-0.39, 0.29) is 24.2 Å². The van der Waals surface area contributed by atoms with Gasteiger partial charge >= 0.3 is 0 Å². The van der Waals surface area contributed by atoms with Crippen molar-refractivity contribution in [2.75, 3.05) is 6.54 Å². The van der Waals surface area contributed by atoms with Crippen LogP contribution in [0.3, 0.4) is 0 Å². The molecule has 2 N–H and O–H groups in total. The fraction of sp³-hybridized carbons (Fsp3) is 0.438. The van der Waals surface area contributed by atoms with Gasteiger partial charge in [0, 0.05) is 12.5 Å². The summed E-state index contributed by atoms with van der Waals surface area (Å²) in [6.07, 6.45) is 0.441. The Morgan fingerprint density at radius 1 is 1.14 bits per heavy atom. The Bertz CT molecular complexity index is 512. The Morgan fingerprint density at radius 3 is 2.14 bits per heavy atom. The second-order valence-electron chi connectivity index (χ2n) is 5.48. The third kappa shape index (κ3) is 5.02. The fourth-order valence-corrected chi connectivity index (χ4v) is 2.15. The summed E-state index contributed by atoms with van der Waals surface area (Å²) >= 11 is 0. The third-order valence-electron chi connectivity index (χ3n) is 3.21. The third-order valence-corrected chi connectivity index (χ3v) is 3.21. The summed E-state index contributed by atoms with van der Waals surface area (Å²) in [7, 11) is 0. The van der Waals surface area contributed by atoms with Gasteiger partial charge in [0.05, 0.1) is 6.54 Å². The summed E-state index contributed by atoms with van der Waals surface area (Å²) < 4.78 is 0. The summed E-state index contributed by atoms with van der Waals surface area (Å²) in [6, 6.07) is 7.93. The number of benzene rings is 1. The van der Waals surface area contributed by atoms with Gasteiger partial charge in [-0.3, -0.25) is 14.4 Å². The first kappa shape index (κ1) is 16.9. The second-order valence-corrected chi connectivity index (χ2v) is 5.48. The first-order valence-corrected chi connectivity index (χ1v) is 6.97. The van der Waals surface area contributed by atoms with Gasteiger partial charge in [0.25, 0.3) is 0 Å². The van der Waals surface area contributed by atoms with Gasteiger partial charge in [-0.25, -0.2) is 0 Å². The Hall–Kier alpha value is -2.17. The lowest BCUT2D eigenvalue weighted by Crippen LogP contribution is -2.49. The standard InChI is InChI=1S/C16H22N2O3/c1-11(2)9-14(16(17)21)18(12(3)19)10-15(20)13-7-5-4-6-8-13/h4-8,11,14H,9-10H2,1-3H3,(H2,17,21). The fourth-order valence-electron chi connectivity index (χ4n) is 2.15. The van der Waals surface area contributed by atoms with E-state index < -0.39 is 11.9 Å². The van der Waals surface area contributed by atoms with Gasteiger partial charge in [-0.05, 0) is 12.3 Å². The number of hydrogen-bond donors (Lipinski definition) is 1. The highest BCUT2D eigenvalue weighted by Gasteiger charge is 2.28.